The highest BCUT2D eigenvalue weighted by Crippen LogP contribution is 1.82. The number of pyridine rings is 1. The molecule has 0 spiro atoms. The molecule has 1 rings (SSSR count). The maximum absolute atomic E-state index is 11.5. The topological polar surface area (TPSA) is 59.3 Å². The summed E-state index contributed by atoms with van der Waals surface area (Å²) in [6.45, 7) is 2.56. The molecular weight excluding hydrogens is 256 g/mol. The minimum Gasteiger partial charge on any atom is -1.00 e. The fourth-order valence-corrected chi connectivity index (χ4v) is 1.22. The monoisotopic (exact) mass is 272 g/mol. The maximum Gasteiger partial charge on any atom is 0.305 e. The van der Waals surface area contributed by atoms with Crippen LogP contribution in [0.3, 0.4) is 0 Å². The van der Waals surface area contributed by atoms with Gasteiger partial charge in [0.15, 0.2) is 12.4 Å². The van der Waals surface area contributed by atoms with Crippen molar-refractivity contribution in [2.45, 2.75) is 19.9 Å². The first-order valence-corrected chi connectivity index (χ1v) is 5.58. The van der Waals surface area contributed by atoms with Crippen LogP contribution in [0.1, 0.15) is 13.3 Å². The van der Waals surface area contributed by atoms with Crippen LogP contribution in [0.25, 0.3) is 0 Å². The van der Waals surface area contributed by atoms with Crippen molar-refractivity contribution in [2.75, 3.05) is 13.2 Å². The third-order valence-corrected chi connectivity index (χ3v) is 2.08. The van der Waals surface area contributed by atoms with Gasteiger partial charge in [-0.3, -0.25) is 9.59 Å². The lowest BCUT2D eigenvalue weighted by Gasteiger charge is -2.04. The van der Waals surface area contributed by atoms with E-state index >= 15 is 0 Å². The molecule has 0 saturated heterocycles. The number of hydrogen-bond donors (Lipinski definition) is 1. The Labute approximate surface area is 113 Å². The zero-order valence-electron chi connectivity index (χ0n) is 10.3. The van der Waals surface area contributed by atoms with Crippen LogP contribution in [0.2, 0.25) is 0 Å². The molecule has 0 aromatic carbocycles. The summed E-state index contributed by atoms with van der Waals surface area (Å²) in [5.41, 5.74) is 0. The molecule has 18 heavy (non-hydrogen) atoms. The highest BCUT2D eigenvalue weighted by atomic mass is 35.5. The van der Waals surface area contributed by atoms with Gasteiger partial charge in [0, 0.05) is 18.6 Å². The van der Waals surface area contributed by atoms with Crippen LogP contribution >= 0.6 is 0 Å². The van der Waals surface area contributed by atoms with E-state index in [1.54, 1.807) is 11.5 Å². The molecule has 1 aromatic rings. The maximum atomic E-state index is 11.5. The Morgan fingerprint density at radius 1 is 1.22 bits per heavy atom. The minimum atomic E-state index is -0.253. The highest BCUT2D eigenvalue weighted by Gasteiger charge is 2.07. The van der Waals surface area contributed by atoms with Gasteiger partial charge in [-0.15, -0.1) is 0 Å². The SMILES string of the molecule is CCC(=O)OCCNC(=O)C[n+]1ccccc1.[Cl-]. The van der Waals surface area contributed by atoms with Crippen molar-refractivity contribution in [1.82, 2.24) is 5.32 Å². The van der Waals surface area contributed by atoms with Crippen molar-refractivity contribution in [3.8, 4) is 0 Å². The molecule has 0 aliphatic carbocycles. The molecule has 0 radical (unpaired) electrons. The Bertz CT molecular complexity index is 371. The zero-order valence-corrected chi connectivity index (χ0v) is 11.0. The Kier molecular flexibility index (Phi) is 8.57. The van der Waals surface area contributed by atoms with E-state index in [0.29, 0.717) is 13.0 Å². The molecule has 100 valence electrons. The number of hydrogen-bond acceptors (Lipinski definition) is 3. The lowest BCUT2D eigenvalue weighted by atomic mass is 10.4. The molecule has 0 unspecified atom stereocenters. The van der Waals surface area contributed by atoms with Crippen molar-refractivity contribution >= 4 is 11.9 Å². The number of amides is 1. The fourth-order valence-electron chi connectivity index (χ4n) is 1.22. The predicted molar refractivity (Wildman–Crippen MR) is 60.9 cm³/mol. The van der Waals surface area contributed by atoms with Crippen LogP contribution in [-0.2, 0) is 20.9 Å². The molecule has 0 saturated carbocycles. The van der Waals surface area contributed by atoms with Gasteiger partial charge >= 0.3 is 5.97 Å². The van der Waals surface area contributed by atoms with Gasteiger partial charge in [0.05, 0.1) is 6.54 Å². The molecule has 0 aliphatic rings. The third-order valence-electron chi connectivity index (χ3n) is 2.08. The number of ether oxygens (including phenoxy) is 1. The Morgan fingerprint density at radius 3 is 2.50 bits per heavy atom. The minimum absolute atomic E-state index is 0. The van der Waals surface area contributed by atoms with Crippen LogP contribution in [0.15, 0.2) is 30.6 Å². The summed E-state index contributed by atoms with van der Waals surface area (Å²) in [4.78, 5) is 22.3. The van der Waals surface area contributed by atoms with Gasteiger partial charge in [-0.1, -0.05) is 13.0 Å². The van der Waals surface area contributed by atoms with E-state index < -0.39 is 0 Å². The van der Waals surface area contributed by atoms with Crippen LogP contribution in [0, 0.1) is 0 Å². The summed E-state index contributed by atoms with van der Waals surface area (Å²) < 4.78 is 6.60. The second kappa shape index (κ2) is 9.41. The van der Waals surface area contributed by atoms with Crippen LogP contribution in [0.5, 0.6) is 0 Å². The van der Waals surface area contributed by atoms with Gasteiger partial charge in [0.1, 0.15) is 6.61 Å². The van der Waals surface area contributed by atoms with Crippen molar-refractivity contribution in [3.05, 3.63) is 30.6 Å². The average molecular weight is 273 g/mol. The molecule has 0 aliphatic heterocycles. The molecule has 5 nitrogen and oxygen atoms in total. The Morgan fingerprint density at radius 2 is 1.89 bits per heavy atom. The number of aromatic nitrogens is 1. The first kappa shape index (κ1) is 16.4. The molecule has 1 heterocycles. The molecular formula is C12H17ClN2O3. The highest BCUT2D eigenvalue weighted by molar-refractivity contribution is 5.74. The first-order valence-electron chi connectivity index (χ1n) is 5.58. The van der Waals surface area contributed by atoms with Crippen molar-refractivity contribution in [3.63, 3.8) is 0 Å². The molecule has 0 atom stereocenters. The quantitative estimate of drug-likeness (QED) is 0.342. The van der Waals surface area contributed by atoms with Gasteiger partial charge in [-0.2, -0.15) is 4.57 Å². The summed E-state index contributed by atoms with van der Waals surface area (Å²) in [6.07, 6.45) is 3.99. The molecule has 0 fully saturated rings. The standard InChI is InChI=1S/C12H16N2O3.ClH/c1-2-12(16)17-9-6-13-11(15)10-14-7-4-3-5-8-14;/h3-5,7-8H,2,6,9-10H2,1H3;1H. The van der Waals surface area contributed by atoms with Crippen LogP contribution in [0.4, 0.5) is 0 Å². The van der Waals surface area contributed by atoms with Crippen molar-refractivity contribution in [2.24, 2.45) is 0 Å². The number of carbonyl (C=O) groups is 2. The lowest BCUT2D eigenvalue weighted by Crippen LogP contribution is -3.00. The number of carbonyl (C=O) groups excluding carboxylic acids is 2. The Hall–Kier alpha value is -1.62. The van der Waals surface area contributed by atoms with E-state index in [-0.39, 0.29) is 37.4 Å². The van der Waals surface area contributed by atoms with Gasteiger partial charge in [-0.25, -0.2) is 0 Å². The van der Waals surface area contributed by atoms with Crippen molar-refractivity contribution in [1.29, 1.82) is 0 Å². The molecule has 1 amide bonds. The molecule has 1 N–H and O–H groups in total. The van der Waals surface area contributed by atoms with E-state index in [0.717, 1.165) is 0 Å². The lowest BCUT2D eigenvalue weighted by molar-refractivity contribution is -0.684. The van der Waals surface area contributed by atoms with Gasteiger partial charge in [0.2, 0.25) is 6.54 Å². The van der Waals surface area contributed by atoms with Gasteiger partial charge < -0.3 is 22.5 Å². The molecule has 1 aromatic heterocycles. The third kappa shape index (κ3) is 6.85. The van der Waals surface area contributed by atoms with Gasteiger partial charge in [-0.05, 0) is 0 Å². The van der Waals surface area contributed by atoms with Gasteiger partial charge in [0.25, 0.3) is 5.91 Å². The van der Waals surface area contributed by atoms with Crippen LogP contribution < -0.4 is 22.3 Å². The van der Waals surface area contributed by atoms with E-state index in [2.05, 4.69) is 5.32 Å². The number of esters is 1. The molecule has 6 heteroatoms. The summed E-state index contributed by atoms with van der Waals surface area (Å²) in [5.74, 6) is -0.356. The second-order valence-electron chi connectivity index (χ2n) is 3.47. The summed E-state index contributed by atoms with van der Waals surface area (Å²) in [5, 5.41) is 2.67. The first-order chi connectivity index (χ1) is 8.22. The van der Waals surface area contributed by atoms with E-state index in [4.69, 9.17) is 4.74 Å². The number of rotatable bonds is 6. The Balaban J connectivity index is 0.00000289. The smallest absolute Gasteiger partial charge is 0.305 e. The van der Waals surface area contributed by atoms with Crippen molar-refractivity contribution < 1.29 is 31.3 Å². The summed E-state index contributed by atoms with van der Waals surface area (Å²) in [7, 11) is 0. The average Bonchev–Trinajstić information content (AvgIpc) is 2.35. The number of nitrogens with one attached hydrogen (secondary N) is 1. The van der Waals surface area contributed by atoms with E-state index in [9.17, 15) is 9.59 Å². The second-order valence-corrected chi connectivity index (χ2v) is 3.47. The normalized spacial score (nSPS) is 9.17. The summed E-state index contributed by atoms with van der Waals surface area (Å²) in [6, 6.07) is 5.60. The molecule has 0 bridgehead atoms. The zero-order chi connectivity index (χ0) is 12.5. The number of halogens is 1. The number of nitrogens with zero attached hydrogens (tertiary/aromatic N) is 1. The van der Waals surface area contributed by atoms with Crippen LogP contribution in [-0.4, -0.2) is 25.0 Å². The predicted octanol–water partition coefficient (Wildman–Crippen LogP) is -2.95. The fraction of sp³-hybridized carbons (Fsp3) is 0.417. The van der Waals surface area contributed by atoms with E-state index in [1.807, 2.05) is 30.6 Å². The summed E-state index contributed by atoms with van der Waals surface area (Å²) >= 11 is 0. The van der Waals surface area contributed by atoms with E-state index in [1.165, 1.54) is 0 Å². The largest absolute Gasteiger partial charge is 1.00 e.